The van der Waals surface area contributed by atoms with Crippen LogP contribution in [0.3, 0.4) is 0 Å². The van der Waals surface area contributed by atoms with Crippen molar-refractivity contribution in [1.29, 1.82) is 0 Å². The van der Waals surface area contributed by atoms with Crippen molar-refractivity contribution in [3.05, 3.63) is 35.1 Å². The maximum absolute atomic E-state index is 6.21. The summed E-state index contributed by atoms with van der Waals surface area (Å²) in [5.74, 6) is 0. The van der Waals surface area contributed by atoms with Gasteiger partial charge in [-0.15, -0.1) is 0 Å². The highest BCUT2D eigenvalue weighted by Crippen LogP contribution is 2.41. The smallest absolute Gasteiger partial charge is 0.249 e. The van der Waals surface area contributed by atoms with Crippen LogP contribution < -0.4 is 0 Å². The van der Waals surface area contributed by atoms with Crippen LogP contribution in [0.1, 0.15) is 61.3 Å². The topological polar surface area (TPSA) is 9.23 Å². The van der Waals surface area contributed by atoms with E-state index < -0.39 is 8.32 Å². The van der Waals surface area contributed by atoms with Crippen LogP contribution in [-0.2, 0) is 4.43 Å². The molecular weight excluding hydrogens is 272 g/mol. The summed E-state index contributed by atoms with van der Waals surface area (Å²) in [6.45, 7) is 20.5. The summed E-state index contributed by atoms with van der Waals surface area (Å²) < 4.78 is 6.21. The van der Waals surface area contributed by atoms with Crippen LogP contribution in [0.15, 0.2) is 35.1 Å². The Labute approximate surface area is 133 Å². The Morgan fingerprint density at radius 3 is 2.33 bits per heavy atom. The molecule has 0 N–H and O–H groups in total. The van der Waals surface area contributed by atoms with Gasteiger partial charge in [-0.2, -0.15) is 0 Å². The first-order chi connectivity index (χ1) is 9.37. The Morgan fingerprint density at radius 1 is 1.29 bits per heavy atom. The minimum atomic E-state index is -1.71. The number of allylic oxidation sites excluding steroid dienone is 5. The normalized spacial score (nSPS) is 22.2. The second kappa shape index (κ2) is 6.16. The Morgan fingerprint density at radius 2 is 1.86 bits per heavy atom. The first kappa shape index (κ1) is 18.3. The molecule has 1 aliphatic rings. The maximum Gasteiger partial charge on any atom is 0.249 e. The van der Waals surface area contributed by atoms with Gasteiger partial charge in [-0.25, -0.2) is 0 Å². The highest BCUT2D eigenvalue weighted by molar-refractivity contribution is 6.74. The Kier molecular flexibility index (Phi) is 5.36. The van der Waals surface area contributed by atoms with E-state index in [4.69, 9.17) is 4.43 Å². The third-order valence-corrected chi connectivity index (χ3v) is 9.41. The first-order valence-electron chi connectivity index (χ1n) is 8.11. The van der Waals surface area contributed by atoms with Gasteiger partial charge < -0.3 is 4.43 Å². The van der Waals surface area contributed by atoms with Gasteiger partial charge in [0.2, 0.25) is 8.32 Å². The van der Waals surface area contributed by atoms with E-state index in [0.717, 1.165) is 0 Å². The summed E-state index contributed by atoms with van der Waals surface area (Å²) >= 11 is 0. The lowest BCUT2D eigenvalue weighted by Crippen LogP contribution is -2.39. The molecule has 1 rings (SSSR count). The van der Waals surface area contributed by atoms with Gasteiger partial charge >= 0.3 is 0 Å². The third-order valence-electron chi connectivity index (χ3n) is 5.09. The van der Waals surface area contributed by atoms with E-state index in [-0.39, 0.29) is 10.5 Å². The van der Waals surface area contributed by atoms with Crippen molar-refractivity contribution in [3.8, 4) is 0 Å². The number of hydrogen-bond donors (Lipinski definition) is 0. The SMILES string of the molecule is CC1=CCCC(C)(C)/C1=C/C(C)=C\O[Si](C)(C)C(C)(C)C. The molecule has 0 amide bonds. The van der Waals surface area contributed by atoms with Crippen molar-refractivity contribution < 1.29 is 4.43 Å². The van der Waals surface area contributed by atoms with Gasteiger partial charge in [0, 0.05) is 0 Å². The lowest BCUT2D eigenvalue weighted by molar-refractivity contribution is 0.403. The molecule has 0 radical (unpaired) electrons. The predicted octanol–water partition coefficient (Wildman–Crippen LogP) is 6.60. The molecule has 0 aromatic heterocycles. The molecule has 0 bridgehead atoms. The second-order valence-electron chi connectivity index (χ2n) is 8.61. The summed E-state index contributed by atoms with van der Waals surface area (Å²) in [4.78, 5) is 0. The van der Waals surface area contributed by atoms with E-state index in [1.54, 1.807) is 0 Å². The van der Waals surface area contributed by atoms with Crippen LogP contribution in [-0.4, -0.2) is 8.32 Å². The average molecular weight is 307 g/mol. The highest BCUT2D eigenvalue weighted by atomic mass is 28.4. The molecule has 0 aliphatic heterocycles. The van der Waals surface area contributed by atoms with Gasteiger partial charge in [-0.1, -0.05) is 52.3 Å². The van der Waals surface area contributed by atoms with Crippen LogP contribution >= 0.6 is 0 Å². The quantitative estimate of drug-likeness (QED) is 0.421. The zero-order valence-electron chi connectivity index (χ0n) is 15.6. The lowest BCUT2D eigenvalue weighted by atomic mass is 9.72. The fraction of sp³-hybridized carbons (Fsp3) is 0.684. The molecule has 0 saturated carbocycles. The molecule has 0 aromatic carbocycles. The van der Waals surface area contributed by atoms with E-state index in [0.29, 0.717) is 0 Å². The van der Waals surface area contributed by atoms with Gasteiger partial charge in [0.05, 0.1) is 6.26 Å². The van der Waals surface area contributed by atoms with Gasteiger partial charge in [0.15, 0.2) is 0 Å². The molecule has 0 spiro atoms. The monoisotopic (exact) mass is 306 g/mol. The Hall–Kier alpha value is -0.763. The fourth-order valence-corrected chi connectivity index (χ4v) is 3.25. The summed E-state index contributed by atoms with van der Waals surface area (Å²) in [5, 5.41) is 0.247. The molecule has 0 saturated heterocycles. The van der Waals surface area contributed by atoms with E-state index >= 15 is 0 Å². The predicted molar refractivity (Wildman–Crippen MR) is 96.9 cm³/mol. The van der Waals surface area contributed by atoms with Crippen molar-refractivity contribution in [1.82, 2.24) is 0 Å². The van der Waals surface area contributed by atoms with Crippen LogP contribution in [0, 0.1) is 5.41 Å². The zero-order chi connectivity index (χ0) is 16.5. The van der Waals surface area contributed by atoms with Crippen LogP contribution in [0.4, 0.5) is 0 Å². The summed E-state index contributed by atoms with van der Waals surface area (Å²) in [6, 6.07) is 0. The second-order valence-corrected chi connectivity index (χ2v) is 13.4. The highest BCUT2D eigenvalue weighted by Gasteiger charge is 2.38. The third kappa shape index (κ3) is 4.60. The molecule has 120 valence electrons. The van der Waals surface area contributed by atoms with Crippen molar-refractivity contribution in [3.63, 3.8) is 0 Å². The van der Waals surface area contributed by atoms with Crippen LogP contribution in [0.2, 0.25) is 18.1 Å². The maximum atomic E-state index is 6.21. The van der Waals surface area contributed by atoms with Crippen molar-refractivity contribution in [2.75, 3.05) is 0 Å². The van der Waals surface area contributed by atoms with Gasteiger partial charge in [-0.3, -0.25) is 0 Å². The van der Waals surface area contributed by atoms with Crippen LogP contribution in [0.25, 0.3) is 0 Å². The molecule has 0 heterocycles. The van der Waals surface area contributed by atoms with Gasteiger partial charge in [0.25, 0.3) is 0 Å². The van der Waals surface area contributed by atoms with Gasteiger partial charge in [0.1, 0.15) is 0 Å². The van der Waals surface area contributed by atoms with Gasteiger partial charge in [-0.05, 0) is 61.4 Å². The van der Waals surface area contributed by atoms with Crippen molar-refractivity contribution in [2.45, 2.75) is 79.4 Å². The van der Waals surface area contributed by atoms with Crippen molar-refractivity contribution >= 4 is 8.32 Å². The minimum absolute atomic E-state index is 0.247. The molecular formula is C19H34OSi. The zero-order valence-corrected chi connectivity index (χ0v) is 16.6. The standard InChI is InChI=1S/C19H34OSi/c1-15(14-20-21(8,9)18(3,4)5)13-17-16(2)11-10-12-19(17,6)7/h11,13-14H,10,12H2,1-9H3/b15-14-,17-13+. The number of hydrogen-bond acceptors (Lipinski definition) is 1. The molecule has 1 aliphatic carbocycles. The summed E-state index contributed by atoms with van der Waals surface area (Å²) in [7, 11) is -1.71. The Balaban J connectivity index is 2.96. The summed E-state index contributed by atoms with van der Waals surface area (Å²) in [6.07, 6.45) is 9.09. The van der Waals surface area contributed by atoms with Crippen molar-refractivity contribution in [2.24, 2.45) is 5.41 Å². The Bertz CT molecular complexity index is 470. The number of rotatable bonds is 3. The molecule has 0 unspecified atom stereocenters. The summed E-state index contributed by atoms with van der Waals surface area (Å²) in [5.41, 5.74) is 4.37. The largest absolute Gasteiger partial charge is 0.549 e. The molecule has 0 fully saturated rings. The van der Waals surface area contributed by atoms with E-state index in [1.807, 2.05) is 6.26 Å². The molecule has 1 nitrogen and oxygen atoms in total. The molecule has 21 heavy (non-hydrogen) atoms. The first-order valence-corrected chi connectivity index (χ1v) is 11.0. The molecule has 0 atom stereocenters. The molecule has 0 aromatic rings. The van der Waals surface area contributed by atoms with E-state index in [2.05, 4.69) is 73.7 Å². The average Bonchev–Trinajstić information content (AvgIpc) is 2.30. The van der Waals surface area contributed by atoms with E-state index in [9.17, 15) is 0 Å². The molecule has 2 heteroatoms. The van der Waals surface area contributed by atoms with Crippen LogP contribution in [0.5, 0.6) is 0 Å². The minimum Gasteiger partial charge on any atom is -0.549 e. The lowest BCUT2D eigenvalue weighted by Gasteiger charge is -2.35. The van der Waals surface area contributed by atoms with E-state index in [1.165, 1.54) is 29.6 Å². The fourth-order valence-electron chi connectivity index (χ4n) is 2.42.